The van der Waals surface area contributed by atoms with Crippen molar-refractivity contribution >= 4 is 23.3 Å². The predicted molar refractivity (Wildman–Crippen MR) is 162 cm³/mol. The van der Waals surface area contributed by atoms with Crippen molar-refractivity contribution in [1.82, 2.24) is 4.90 Å². The fourth-order valence-electron chi connectivity index (χ4n) is 5.75. The molecule has 0 saturated carbocycles. The first-order chi connectivity index (χ1) is 21.0. The highest BCUT2D eigenvalue weighted by Gasteiger charge is 2.48. The van der Waals surface area contributed by atoms with Crippen LogP contribution in [0, 0.1) is 0 Å². The zero-order valence-electron chi connectivity index (χ0n) is 24.4. The number of amides is 1. The smallest absolute Gasteiger partial charge is 0.480 e. The lowest BCUT2D eigenvalue weighted by molar-refractivity contribution is -0.274. The molecule has 0 radical (unpaired) electrons. The quantitative estimate of drug-likeness (QED) is 0.199. The summed E-state index contributed by atoms with van der Waals surface area (Å²) in [6.07, 6.45) is -3.68. The van der Waals surface area contributed by atoms with Gasteiger partial charge in [-0.1, -0.05) is 74.5 Å². The third-order valence-electron chi connectivity index (χ3n) is 7.82. The summed E-state index contributed by atoms with van der Waals surface area (Å²) in [6.45, 7) is 4.38. The minimum absolute atomic E-state index is 0.126. The minimum Gasteiger partial charge on any atom is -0.480 e. The van der Waals surface area contributed by atoms with Crippen molar-refractivity contribution in [3.8, 4) is 5.75 Å². The molecular weight excluding hydrogens is 569 g/mol. The first-order valence-electron chi connectivity index (χ1n) is 14.4. The molecule has 5 rings (SSSR count). The molecule has 2 unspecified atom stereocenters. The van der Waals surface area contributed by atoms with Crippen LogP contribution in [0.3, 0.4) is 0 Å². The van der Waals surface area contributed by atoms with Gasteiger partial charge in [0.1, 0.15) is 5.75 Å². The summed E-state index contributed by atoms with van der Waals surface area (Å²) in [7, 11) is 0. The number of aryl methyl sites for hydroxylation is 1. The number of hydrogen-bond acceptors (Lipinski definition) is 4. The highest BCUT2D eigenvalue weighted by atomic mass is 19.4. The molecule has 4 aromatic rings. The maximum atomic E-state index is 14.2. The number of ether oxygens (including phenoxy) is 1. The van der Waals surface area contributed by atoms with E-state index >= 15 is 0 Å². The maximum Gasteiger partial charge on any atom is 0.573 e. The largest absolute Gasteiger partial charge is 0.573 e. The second-order valence-electron chi connectivity index (χ2n) is 11.1. The number of benzene rings is 4. The molecule has 1 amide bonds. The first-order valence-corrected chi connectivity index (χ1v) is 14.4. The lowest BCUT2D eigenvalue weighted by Gasteiger charge is -2.34. The molecule has 1 aliphatic heterocycles. The molecule has 0 spiro atoms. The number of aliphatic carboxylic acids is 1. The van der Waals surface area contributed by atoms with Gasteiger partial charge < -0.3 is 19.6 Å². The molecule has 1 N–H and O–H groups in total. The molecular formula is C35H33F3N2O4. The van der Waals surface area contributed by atoms with Gasteiger partial charge in [0.15, 0.2) is 6.04 Å². The summed E-state index contributed by atoms with van der Waals surface area (Å²) in [4.78, 5) is 30.5. The van der Waals surface area contributed by atoms with Crippen LogP contribution in [0.5, 0.6) is 5.75 Å². The maximum absolute atomic E-state index is 14.2. The van der Waals surface area contributed by atoms with E-state index in [9.17, 15) is 27.9 Å². The molecule has 4 aromatic carbocycles. The monoisotopic (exact) mass is 602 g/mol. The lowest BCUT2D eigenvalue weighted by atomic mass is 9.98. The lowest BCUT2D eigenvalue weighted by Crippen LogP contribution is -2.47. The highest BCUT2D eigenvalue weighted by Crippen LogP contribution is 2.47. The standard InChI is InChI=1S/C35H33F3N2O4/c1-23(2)25-14-18-27(19-15-25)40-30-13-7-6-12-29(30)31(32(40)34(42)43)39(22-8-11-24-9-4-3-5-10-24)33(41)26-16-20-28(21-17-26)44-35(36,37)38/h3-7,9-10,12-21,23,31-32H,8,11,22H2,1-2H3,(H,42,43). The number of carbonyl (C=O) groups excluding carboxylic acids is 1. The molecule has 1 aliphatic rings. The van der Waals surface area contributed by atoms with Gasteiger partial charge in [-0.05, 0) is 72.4 Å². The summed E-state index contributed by atoms with van der Waals surface area (Å²) >= 11 is 0. The summed E-state index contributed by atoms with van der Waals surface area (Å²) in [5.74, 6) is -1.74. The number of fused-ring (bicyclic) bond motifs is 1. The van der Waals surface area contributed by atoms with Gasteiger partial charge >= 0.3 is 12.3 Å². The summed E-state index contributed by atoms with van der Waals surface area (Å²) in [6, 6.07) is 27.5. The van der Waals surface area contributed by atoms with Crippen LogP contribution in [-0.2, 0) is 11.2 Å². The number of carboxylic acids is 1. The SMILES string of the molecule is CC(C)c1ccc(N2c3ccccc3C(N(CCCc3ccccc3)C(=O)c3ccc(OC(F)(F)F)cc3)C2C(=O)O)cc1. The van der Waals surface area contributed by atoms with Gasteiger partial charge in [-0.15, -0.1) is 13.2 Å². The Bertz CT molecular complexity index is 1590. The molecule has 0 bridgehead atoms. The van der Waals surface area contributed by atoms with Crippen LogP contribution in [0.4, 0.5) is 24.5 Å². The van der Waals surface area contributed by atoms with E-state index in [1.165, 1.54) is 12.1 Å². The van der Waals surface area contributed by atoms with Gasteiger partial charge in [0, 0.05) is 29.0 Å². The van der Waals surface area contributed by atoms with Crippen molar-refractivity contribution in [3.05, 3.63) is 125 Å². The second-order valence-corrected chi connectivity index (χ2v) is 11.1. The number of nitrogens with zero attached hydrogens (tertiary/aromatic N) is 2. The van der Waals surface area contributed by atoms with Crippen LogP contribution < -0.4 is 9.64 Å². The summed E-state index contributed by atoms with van der Waals surface area (Å²) < 4.78 is 42.2. The molecule has 228 valence electrons. The molecule has 2 atom stereocenters. The number of carbonyl (C=O) groups is 2. The van der Waals surface area contributed by atoms with Crippen molar-refractivity contribution in [2.24, 2.45) is 0 Å². The van der Waals surface area contributed by atoms with Crippen molar-refractivity contribution in [1.29, 1.82) is 0 Å². The van der Waals surface area contributed by atoms with Crippen LogP contribution in [0.15, 0.2) is 103 Å². The van der Waals surface area contributed by atoms with Crippen LogP contribution in [-0.4, -0.2) is 40.8 Å². The average Bonchev–Trinajstić information content (AvgIpc) is 3.34. The first kappa shape index (κ1) is 30.7. The molecule has 9 heteroatoms. The second kappa shape index (κ2) is 12.8. The van der Waals surface area contributed by atoms with Gasteiger partial charge in [0.25, 0.3) is 5.91 Å². The summed E-state index contributed by atoms with van der Waals surface area (Å²) in [5.41, 5.74) is 4.35. The van der Waals surface area contributed by atoms with E-state index in [2.05, 4.69) is 18.6 Å². The van der Waals surface area contributed by atoms with E-state index in [0.717, 1.165) is 23.3 Å². The highest BCUT2D eigenvalue weighted by molar-refractivity contribution is 5.97. The molecule has 0 saturated heterocycles. The Morgan fingerprint density at radius 2 is 1.52 bits per heavy atom. The number of carboxylic acid groups (broad SMARTS) is 1. The van der Waals surface area contributed by atoms with E-state index in [0.29, 0.717) is 35.7 Å². The van der Waals surface area contributed by atoms with E-state index in [1.54, 1.807) is 9.80 Å². The molecule has 44 heavy (non-hydrogen) atoms. The van der Waals surface area contributed by atoms with Gasteiger partial charge in [-0.25, -0.2) is 4.79 Å². The number of rotatable bonds is 10. The topological polar surface area (TPSA) is 70.1 Å². The molecule has 6 nitrogen and oxygen atoms in total. The number of alkyl halides is 3. The van der Waals surface area contributed by atoms with Gasteiger partial charge in [-0.2, -0.15) is 0 Å². The Balaban J connectivity index is 1.54. The number of anilines is 2. The molecule has 0 aromatic heterocycles. The van der Waals surface area contributed by atoms with Gasteiger partial charge in [0.05, 0.1) is 6.04 Å². The Labute approximate surface area is 254 Å². The third-order valence-corrected chi connectivity index (χ3v) is 7.82. The zero-order valence-corrected chi connectivity index (χ0v) is 24.4. The average molecular weight is 603 g/mol. The predicted octanol–water partition coefficient (Wildman–Crippen LogP) is 8.13. The third kappa shape index (κ3) is 6.72. The zero-order chi connectivity index (χ0) is 31.4. The Kier molecular flexibility index (Phi) is 8.94. The number of para-hydroxylation sites is 1. The molecule has 1 heterocycles. The fraction of sp³-hybridized carbons (Fsp3) is 0.257. The molecule has 0 aliphatic carbocycles. The minimum atomic E-state index is -4.87. The van der Waals surface area contributed by atoms with E-state index < -0.39 is 36.1 Å². The van der Waals surface area contributed by atoms with E-state index in [1.807, 2.05) is 78.9 Å². The van der Waals surface area contributed by atoms with Crippen LogP contribution in [0.25, 0.3) is 0 Å². The van der Waals surface area contributed by atoms with Crippen molar-refractivity contribution in [3.63, 3.8) is 0 Å². The Morgan fingerprint density at radius 1 is 0.886 bits per heavy atom. The van der Waals surface area contributed by atoms with Crippen LogP contribution in [0.2, 0.25) is 0 Å². The normalized spacial score (nSPS) is 16.1. The number of halogens is 3. The van der Waals surface area contributed by atoms with Gasteiger partial charge in [0.2, 0.25) is 0 Å². The van der Waals surface area contributed by atoms with Crippen LogP contribution in [0.1, 0.15) is 59.3 Å². The van der Waals surface area contributed by atoms with Crippen molar-refractivity contribution in [2.45, 2.75) is 51.1 Å². The Morgan fingerprint density at radius 3 is 2.14 bits per heavy atom. The molecule has 0 fully saturated rings. The summed E-state index contributed by atoms with van der Waals surface area (Å²) in [5, 5.41) is 10.7. The van der Waals surface area contributed by atoms with Crippen molar-refractivity contribution < 1.29 is 32.6 Å². The van der Waals surface area contributed by atoms with E-state index in [4.69, 9.17) is 0 Å². The van der Waals surface area contributed by atoms with Gasteiger partial charge in [-0.3, -0.25) is 4.79 Å². The van der Waals surface area contributed by atoms with E-state index in [-0.39, 0.29) is 12.1 Å². The Hall–Kier alpha value is -4.79. The van der Waals surface area contributed by atoms with Crippen molar-refractivity contribution in [2.75, 3.05) is 11.4 Å². The van der Waals surface area contributed by atoms with Crippen LogP contribution >= 0.6 is 0 Å². The fourth-order valence-corrected chi connectivity index (χ4v) is 5.75. The number of hydrogen-bond donors (Lipinski definition) is 1.